The van der Waals surface area contributed by atoms with E-state index in [1.807, 2.05) is 6.92 Å². The van der Waals surface area contributed by atoms with Crippen LogP contribution in [0.4, 0.5) is 0 Å². The first kappa shape index (κ1) is 8.39. The number of carboxylic acid groups (broad SMARTS) is 1. The third-order valence-electron chi connectivity index (χ3n) is 0.596. The molecule has 0 aliphatic heterocycles. The van der Waals surface area contributed by atoms with Crippen LogP contribution in [0.2, 0.25) is 0 Å². The lowest BCUT2D eigenvalue weighted by Crippen LogP contribution is -2.09. The quantitative estimate of drug-likeness (QED) is 0.427. The summed E-state index contributed by atoms with van der Waals surface area (Å²) in [4.78, 5) is 9.78. The van der Waals surface area contributed by atoms with Crippen LogP contribution in [0.3, 0.4) is 0 Å². The molecule has 0 rings (SSSR count). The van der Waals surface area contributed by atoms with Crippen LogP contribution in [0.5, 0.6) is 0 Å². The fourth-order valence-electron chi connectivity index (χ4n) is 0.271. The van der Waals surface area contributed by atoms with Crippen molar-refractivity contribution in [2.75, 3.05) is 20.0 Å². The van der Waals surface area contributed by atoms with Crippen molar-refractivity contribution >= 4 is 5.97 Å². The lowest BCUT2D eigenvalue weighted by Gasteiger charge is -1.98. The highest BCUT2D eigenvalue weighted by Gasteiger charge is 1.93. The summed E-state index contributed by atoms with van der Waals surface area (Å²) >= 11 is 0. The van der Waals surface area contributed by atoms with Crippen molar-refractivity contribution in [3.63, 3.8) is 0 Å². The number of hydrogen-bond donors (Lipinski definition) is 1. The van der Waals surface area contributed by atoms with E-state index in [-0.39, 0.29) is 13.4 Å². The summed E-state index contributed by atoms with van der Waals surface area (Å²) in [5.41, 5.74) is 0. The molecule has 0 amide bonds. The summed E-state index contributed by atoms with van der Waals surface area (Å²) in [5, 5.41) is 8.03. The largest absolute Gasteiger partial charge is 0.480 e. The molecule has 0 aromatic carbocycles. The van der Waals surface area contributed by atoms with Crippen LogP contribution in [0, 0.1) is 0 Å². The topological polar surface area (TPSA) is 55.8 Å². The lowest BCUT2D eigenvalue weighted by atomic mass is 10.7. The van der Waals surface area contributed by atoms with Gasteiger partial charge in [0.1, 0.15) is 13.4 Å². The van der Waals surface area contributed by atoms with Gasteiger partial charge in [-0.25, -0.2) is 4.79 Å². The van der Waals surface area contributed by atoms with Gasteiger partial charge in [0.25, 0.3) is 0 Å². The highest BCUT2D eigenvalue weighted by atomic mass is 16.7. The molecule has 0 aliphatic rings. The van der Waals surface area contributed by atoms with Crippen LogP contribution in [-0.2, 0) is 14.3 Å². The van der Waals surface area contributed by atoms with Gasteiger partial charge in [-0.2, -0.15) is 0 Å². The van der Waals surface area contributed by atoms with Crippen LogP contribution in [0.25, 0.3) is 0 Å². The molecule has 0 bridgehead atoms. The van der Waals surface area contributed by atoms with Crippen LogP contribution in [0.15, 0.2) is 0 Å². The molecular weight excluding hydrogens is 124 g/mol. The van der Waals surface area contributed by atoms with E-state index in [2.05, 4.69) is 4.74 Å². The van der Waals surface area contributed by atoms with Gasteiger partial charge >= 0.3 is 5.97 Å². The van der Waals surface area contributed by atoms with Gasteiger partial charge in [0.15, 0.2) is 0 Å². The van der Waals surface area contributed by atoms with Gasteiger partial charge in [-0.05, 0) is 6.92 Å². The summed E-state index contributed by atoms with van der Waals surface area (Å²) in [6.07, 6.45) is 0. The van der Waals surface area contributed by atoms with Crippen molar-refractivity contribution in [2.24, 2.45) is 0 Å². The molecule has 0 atom stereocenters. The van der Waals surface area contributed by atoms with Crippen molar-refractivity contribution in [1.29, 1.82) is 0 Å². The van der Waals surface area contributed by atoms with Gasteiger partial charge in [0.05, 0.1) is 0 Å². The number of rotatable bonds is 5. The minimum Gasteiger partial charge on any atom is -0.480 e. The molecule has 4 nitrogen and oxygen atoms in total. The minimum atomic E-state index is -0.977. The Morgan fingerprint density at radius 3 is 2.67 bits per heavy atom. The van der Waals surface area contributed by atoms with E-state index >= 15 is 0 Å². The Morgan fingerprint density at radius 1 is 1.56 bits per heavy atom. The van der Waals surface area contributed by atoms with Crippen molar-refractivity contribution in [3.05, 3.63) is 0 Å². The molecule has 0 saturated carbocycles. The number of carbonyl (C=O) groups is 1. The predicted molar refractivity (Wildman–Crippen MR) is 30.1 cm³/mol. The number of hydrogen-bond acceptors (Lipinski definition) is 3. The van der Waals surface area contributed by atoms with Gasteiger partial charge < -0.3 is 14.6 Å². The van der Waals surface area contributed by atoms with Gasteiger partial charge in [0.2, 0.25) is 0 Å². The summed E-state index contributed by atoms with van der Waals surface area (Å²) in [6, 6.07) is 0. The monoisotopic (exact) mass is 134 g/mol. The highest BCUT2D eigenvalue weighted by molar-refractivity contribution is 5.67. The van der Waals surface area contributed by atoms with Crippen molar-refractivity contribution < 1.29 is 19.4 Å². The molecule has 0 heterocycles. The van der Waals surface area contributed by atoms with Crippen molar-refractivity contribution in [1.82, 2.24) is 0 Å². The summed E-state index contributed by atoms with van der Waals surface area (Å²) < 4.78 is 9.21. The predicted octanol–water partition coefficient (Wildman–Crippen LogP) is 0.0816. The van der Waals surface area contributed by atoms with Crippen molar-refractivity contribution in [2.45, 2.75) is 6.92 Å². The number of carboxylic acids is 1. The molecule has 0 radical (unpaired) electrons. The first-order valence-corrected chi connectivity index (χ1v) is 2.64. The molecule has 0 spiro atoms. The van der Waals surface area contributed by atoms with Gasteiger partial charge in [-0.15, -0.1) is 0 Å². The Kier molecular flexibility index (Phi) is 5.15. The van der Waals surface area contributed by atoms with Crippen LogP contribution < -0.4 is 0 Å². The maximum Gasteiger partial charge on any atom is 0.329 e. The smallest absolute Gasteiger partial charge is 0.329 e. The maximum atomic E-state index is 9.78. The molecule has 0 unspecified atom stereocenters. The fraction of sp³-hybridized carbons (Fsp3) is 0.800. The molecule has 0 aromatic heterocycles. The number of ether oxygens (including phenoxy) is 2. The third kappa shape index (κ3) is 7.39. The second kappa shape index (κ2) is 5.53. The second-order valence-corrected chi connectivity index (χ2v) is 1.35. The summed E-state index contributed by atoms with van der Waals surface area (Å²) in [7, 11) is 0. The Hall–Kier alpha value is -0.610. The van der Waals surface area contributed by atoms with Gasteiger partial charge in [0, 0.05) is 6.61 Å². The van der Waals surface area contributed by atoms with Crippen LogP contribution in [-0.4, -0.2) is 31.1 Å². The molecule has 0 saturated heterocycles. The van der Waals surface area contributed by atoms with E-state index in [1.54, 1.807) is 0 Å². The second-order valence-electron chi connectivity index (χ2n) is 1.35. The van der Waals surface area contributed by atoms with Gasteiger partial charge in [-0.3, -0.25) is 0 Å². The van der Waals surface area contributed by atoms with E-state index < -0.39 is 5.97 Å². The normalized spacial score (nSPS) is 9.44. The highest BCUT2D eigenvalue weighted by Crippen LogP contribution is 1.76. The van der Waals surface area contributed by atoms with Crippen molar-refractivity contribution in [3.8, 4) is 0 Å². The first-order valence-electron chi connectivity index (χ1n) is 2.64. The fourth-order valence-corrected chi connectivity index (χ4v) is 0.271. The van der Waals surface area contributed by atoms with E-state index in [4.69, 9.17) is 9.84 Å². The summed E-state index contributed by atoms with van der Waals surface area (Å²) in [6.45, 7) is 2.12. The molecule has 0 aromatic rings. The Labute approximate surface area is 53.4 Å². The molecule has 1 N–H and O–H groups in total. The zero-order valence-corrected chi connectivity index (χ0v) is 5.29. The zero-order chi connectivity index (χ0) is 7.11. The van der Waals surface area contributed by atoms with Crippen LogP contribution in [0.1, 0.15) is 6.92 Å². The standard InChI is InChI=1S/C5H10O4/c1-2-8-4-9-3-5(6)7/h2-4H2,1H3,(H,6,7). The lowest BCUT2D eigenvalue weighted by molar-refractivity contribution is -0.147. The number of aliphatic carboxylic acids is 1. The Morgan fingerprint density at radius 2 is 2.22 bits per heavy atom. The third-order valence-corrected chi connectivity index (χ3v) is 0.596. The van der Waals surface area contributed by atoms with Gasteiger partial charge in [-0.1, -0.05) is 0 Å². The Balaban J connectivity index is 2.83. The van der Waals surface area contributed by atoms with E-state index in [1.165, 1.54) is 0 Å². The average Bonchev–Trinajstić information content (AvgIpc) is 1.80. The van der Waals surface area contributed by atoms with E-state index in [0.717, 1.165) is 0 Å². The summed E-state index contributed by atoms with van der Waals surface area (Å²) in [5.74, 6) is -0.977. The molecular formula is C5H10O4. The van der Waals surface area contributed by atoms with E-state index in [0.29, 0.717) is 6.61 Å². The molecule has 4 heteroatoms. The average molecular weight is 134 g/mol. The SMILES string of the molecule is CCOCOCC(=O)O. The molecule has 9 heavy (non-hydrogen) atoms. The molecule has 54 valence electrons. The first-order chi connectivity index (χ1) is 4.27. The zero-order valence-electron chi connectivity index (χ0n) is 5.29. The minimum absolute atomic E-state index is 0.0583. The maximum absolute atomic E-state index is 9.78. The molecule has 0 aliphatic carbocycles. The molecule has 0 fully saturated rings. The van der Waals surface area contributed by atoms with Crippen LogP contribution >= 0.6 is 0 Å². The van der Waals surface area contributed by atoms with E-state index in [9.17, 15) is 4.79 Å². The Bertz CT molecular complexity index is 81.0.